The Morgan fingerprint density at radius 2 is 2.06 bits per heavy atom. The van der Waals surface area contributed by atoms with Crippen LogP contribution in [0.5, 0.6) is 5.75 Å². The monoisotopic (exact) mass is 250 g/mol. The minimum Gasteiger partial charge on any atom is -0.493 e. The van der Waals surface area contributed by atoms with Crippen LogP contribution in [0.15, 0.2) is 39.5 Å². The molecular weight excluding hydrogens is 236 g/mol. The number of fused-ring (bicyclic) bond motifs is 1. The smallest absolute Gasteiger partial charge is 0.336 e. The summed E-state index contributed by atoms with van der Waals surface area (Å²) in [6.07, 6.45) is -0.434. The topological polar surface area (TPSA) is 79.9 Å². The molecule has 2 rings (SSSR count). The maximum atomic E-state index is 11.1. The molecule has 1 aromatic carbocycles. The van der Waals surface area contributed by atoms with Crippen molar-refractivity contribution < 1.29 is 19.4 Å². The van der Waals surface area contributed by atoms with Crippen molar-refractivity contribution in [2.75, 3.05) is 13.2 Å². The van der Waals surface area contributed by atoms with Crippen LogP contribution in [0, 0.1) is 0 Å². The molecule has 0 aliphatic heterocycles. The van der Waals surface area contributed by atoms with Crippen LogP contribution in [-0.4, -0.2) is 29.5 Å². The quantitative estimate of drug-likeness (QED) is 0.771. The van der Waals surface area contributed by atoms with Crippen molar-refractivity contribution in [1.82, 2.24) is 0 Å². The fourth-order valence-corrected chi connectivity index (χ4v) is 1.53. The largest absolute Gasteiger partial charge is 0.493 e. The number of aliphatic hydroxyl groups is 2. The van der Waals surface area contributed by atoms with Crippen LogP contribution < -0.4 is 10.4 Å². The van der Waals surface area contributed by atoms with Crippen molar-refractivity contribution in [3.8, 4) is 5.75 Å². The van der Waals surface area contributed by atoms with E-state index in [4.69, 9.17) is 19.4 Å². The summed E-state index contributed by atoms with van der Waals surface area (Å²) in [5.41, 5.74) is 0.0538. The van der Waals surface area contributed by atoms with Crippen molar-refractivity contribution in [3.63, 3.8) is 0 Å². The lowest BCUT2D eigenvalue weighted by molar-refractivity contribution is 0.0754. The Bertz CT molecular complexity index is 575. The van der Waals surface area contributed by atoms with E-state index in [1.165, 1.54) is 6.07 Å². The van der Waals surface area contributed by atoms with Gasteiger partial charge in [-0.05, 0) is 18.2 Å². The van der Waals surface area contributed by atoms with E-state index < -0.39 is 11.7 Å². The van der Waals surface area contributed by atoms with Crippen molar-refractivity contribution >= 4 is 11.0 Å². The predicted octanol–water partition coefficient (Wildman–Crippen LogP) is 0.915. The molecule has 96 valence electrons. The average Bonchev–Trinajstić information content (AvgIpc) is 2.38. The standard InChI is InChI=1S/C13H14O5/c14-8-10(15)5-6-17-11-3-1-9-2-4-13(16)18-12(9)7-11/h1-4,7,10,14-15H,5-6,8H2/t10-/m0/s1. The van der Waals surface area contributed by atoms with Gasteiger partial charge in [0, 0.05) is 23.9 Å². The Morgan fingerprint density at radius 3 is 2.83 bits per heavy atom. The Balaban J connectivity index is 2.07. The van der Waals surface area contributed by atoms with E-state index in [1.54, 1.807) is 24.3 Å². The lowest BCUT2D eigenvalue weighted by Gasteiger charge is -2.09. The van der Waals surface area contributed by atoms with E-state index in [1.807, 2.05) is 0 Å². The molecule has 0 fully saturated rings. The SMILES string of the molecule is O=c1ccc2ccc(OCC[C@H](O)CO)cc2o1. The van der Waals surface area contributed by atoms with Crippen molar-refractivity contribution in [3.05, 3.63) is 40.8 Å². The summed E-state index contributed by atoms with van der Waals surface area (Å²) in [4.78, 5) is 11.1. The molecule has 1 atom stereocenters. The van der Waals surface area contributed by atoms with E-state index in [0.29, 0.717) is 17.8 Å². The third-order valence-corrected chi connectivity index (χ3v) is 2.53. The highest BCUT2D eigenvalue weighted by Crippen LogP contribution is 2.19. The van der Waals surface area contributed by atoms with Gasteiger partial charge in [0.15, 0.2) is 0 Å². The highest BCUT2D eigenvalue weighted by atomic mass is 16.5. The number of hydrogen-bond donors (Lipinski definition) is 2. The molecule has 5 heteroatoms. The van der Waals surface area contributed by atoms with Crippen LogP contribution >= 0.6 is 0 Å². The van der Waals surface area contributed by atoms with Gasteiger partial charge in [-0.3, -0.25) is 0 Å². The van der Waals surface area contributed by atoms with Gasteiger partial charge in [-0.2, -0.15) is 0 Å². The molecule has 0 amide bonds. The highest BCUT2D eigenvalue weighted by Gasteiger charge is 2.03. The van der Waals surface area contributed by atoms with Gasteiger partial charge in [-0.25, -0.2) is 4.79 Å². The minimum atomic E-state index is -0.775. The fourth-order valence-electron chi connectivity index (χ4n) is 1.53. The summed E-state index contributed by atoms with van der Waals surface area (Å²) < 4.78 is 10.4. The van der Waals surface area contributed by atoms with Gasteiger partial charge >= 0.3 is 5.63 Å². The van der Waals surface area contributed by atoms with Crippen LogP contribution in [0.1, 0.15) is 6.42 Å². The first-order valence-corrected chi connectivity index (χ1v) is 5.64. The average molecular weight is 250 g/mol. The number of benzene rings is 1. The van der Waals surface area contributed by atoms with Crippen molar-refractivity contribution in [2.24, 2.45) is 0 Å². The van der Waals surface area contributed by atoms with E-state index >= 15 is 0 Å². The second-order valence-corrected chi connectivity index (χ2v) is 3.93. The van der Waals surface area contributed by atoms with Crippen LogP contribution in [0.3, 0.4) is 0 Å². The van der Waals surface area contributed by atoms with E-state index in [9.17, 15) is 4.79 Å². The van der Waals surface area contributed by atoms with Gasteiger partial charge in [-0.15, -0.1) is 0 Å². The number of rotatable bonds is 5. The van der Waals surface area contributed by atoms with E-state index in [0.717, 1.165) is 5.39 Å². The van der Waals surface area contributed by atoms with Gasteiger partial charge in [0.1, 0.15) is 11.3 Å². The summed E-state index contributed by atoms with van der Waals surface area (Å²) in [6, 6.07) is 8.22. The Hall–Kier alpha value is -1.85. The molecule has 1 aromatic heterocycles. The summed E-state index contributed by atoms with van der Waals surface area (Å²) in [5.74, 6) is 0.557. The molecule has 0 aliphatic carbocycles. The first-order valence-electron chi connectivity index (χ1n) is 5.64. The summed E-state index contributed by atoms with van der Waals surface area (Å²) >= 11 is 0. The molecule has 1 heterocycles. The maximum absolute atomic E-state index is 11.1. The molecular formula is C13H14O5. The Labute approximate surface area is 103 Å². The molecule has 0 spiro atoms. The van der Waals surface area contributed by atoms with Gasteiger partial charge in [0.05, 0.1) is 19.3 Å². The molecule has 2 N–H and O–H groups in total. The zero-order valence-electron chi connectivity index (χ0n) is 9.70. The normalized spacial score (nSPS) is 12.6. The predicted molar refractivity (Wildman–Crippen MR) is 65.7 cm³/mol. The van der Waals surface area contributed by atoms with Gasteiger partial charge in [-0.1, -0.05) is 0 Å². The van der Waals surface area contributed by atoms with Crippen molar-refractivity contribution in [2.45, 2.75) is 12.5 Å². The summed E-state index contributed by atoms with van der Waals surface area (Å²) in [5, 5.41) is 18.6. The third kappa shape index (κ3) is 3.09. The zero-order valence-corrected chi connectivity index (χ0v) is 9.70. The minimum absolute atomic E-state index is 0.282. The molecule has 0 radical (unpaired) electrons. The molecule has 18 heavy (non-hydrogen) atoms. The van der Waals surface area contributed by atoms with E-state index in [-0.39, 0.29) is 13.2 Å². The second kappa shape index (κ2) is 5.66. The number of hydrogen-bond acceptors (Lipinski definition) is 5. The number of ether oxygens (including phenoxy) is 1. The Kier molecular flexibility index (Phi) is 3.96. The third-order valence-electron chi connectivity index (χ3n) is 2.53. The molecule has 0 saturated heterocycles. The first kappa shape index (κ1) is 12.6. The van der Waals surface area contributed by atoms with Gasteiger partial charge in [0.2, 0.25) is 0 Å². The molecule has 0 aliphatic rings. The van der Waals surface area contributed by atoms with Crippen LogP contribution in [0.25, 0.3) is 11.0 Å². The lowest BCUT2D eigenvalue weighted by atomic mass is 10.2. The van der Waals surface area contributed by atoms with E-state index in [2.05, 4.69) is 0 Å². The molecule has 2 aromatic rings. The van der Waals surface area contributed by atoms with Gasteiger partial charge in [0.25, 0.3) is 0 Å². The molecule has 5 nitrogen and oxygen atoms in total. The van der Waals surface area contributed by atoms with Crippen molar-refractivity contribution in [1.29, 1.82) is 0 Å². The molecule has 0 bridgehead atoms. The lowest BCUT2D eigenvalue weighted by Crippen LogP contribution is -2.15. The highest BCUT2D eigenvalue weighted by molar-refractivity contribution is 5.77. The maximum Gasteiger partial charge on any atom is 0.336 e. The second-order valence-electron chi connectivity index (χ2n) is 3.93. The summed E-state index contributed by atoms with van der Waals surface area (Å²) in [6.45, 7) is 0.000252. The first-order chi connectivity index (χ1) is 8.69. The summed E-state index contributed by atoms with van der Waals surface area (Å²) in [7, 11) is 0. The van der Waals surface area contributed by atoms with Gasteiger partial charge < -0.3 is 19.4 Å². The zero-order chi connectivity index (χ0) is 13.0. The molecule has 0 saturated carbocycles. The van der Waals surface area contributed by atoms with Crippen LogP contribution in [0.4, 0.5) is 0 Å². The van der Waals surface area contributed by atoms with Crippen LogP contribution in [-0.2, 0) is 0 Å². The number of aliphatic hydroxyl groups excluding tert-OH is 2. The Morgan fingerprint density at radius 1 is 1.28 bits per heavy atom. The molecule has 0 unspecified atom stereocenters. The fraction of sp³-hybridized carbons (Fsp3) is 0.308. The van der Waals surface area contributed by atoms with Crippen LogP contribution in [0.2, 0.25) is 0 Å².